The first-order chi connectivity index (χ1) is 60.2. The molecule has 4 heteroatoms. The summed E-state index contributed by atoms with van der Waals surface area (Å²) in [5.74, 6) is 0. The molecule has 0 fully saturated rings. The van der Waals surface area contributed by atoms with Crippen molar-refractivity contribution in [2.45, 2.75) is 10.8 Å². The summed E-state index contributed by atoms with van der Waals surface area (Å²) in [5, 5.41) is 0.996. The predicted octanol–water partition coefficient (Wildman–Crippen LogP) is 24.5. The van der Waals surface area contributed by atoms with Gasteiger partial charge < -0.3 is 18.3 Å². The van der Waals surface area contributed by atoms with E-state index in [1.807, 2.05) is 158 Å². The van der Waals surface area contributed by atoms with Gasteiger partial charge in [0.1, 0.15) is 0 Å². The molecule has 0 unspecified atom stereocenters. The van der Waals surface area contributed by atoms with E-state index in [2.05, 4.69) is 108 Å². The molecule has 480 valence electrons. The largest absolute Gasteiger partial charge is 0.309 e. The van der Waals surface area contributed by atoms with Crippen LogP contribution < -0.4 is 0 Å². The number of rotatable bonds is 12. The van der Waals surface area contributed by atoms with Gasteiger partial charge in [-0.1, -0.05) is 315 Å². The van der Waals surface area contributed by atoms with Crippen LogP contribution in [-0.4, -0.2) is 18.3 Å². The second-order valence-corrected chi connectivity index (χ2v) is 24.9. The summed E-state index contributed by atoms with van der Waals surface area (Å²) in [5.41, 5.74) is 8.70. The third-order valence-electron chi connectivity index (χ3n) is 19.7. The minimum atomic E-state index is -0.965. The highest BCUT2D eigenvalue weighted by Crippen LogP contribution is 2.49. The molecule has 0 bridgehead atoms. The van der Waals surface area contributed by atoms with Crippen molar-refractivity contribution in [1.82, 2.24) is 18.3 Å². The molecular weight excluding hydrogens is 1230 g/mol. The van der Waals surface area contributed by atoms with Gasteiger partial charge in [0, 0.05) is 65.8 Å². The molecule has 0 radical (unpaired) electrons. The average molecular weight is 1320 g/mol. The summed E-state index contributed by atoms with van der Waals surface area (Å²) in [6.45, 7) is 0. The molecule has 4 heterocycles. The number of hydrogen-bond donors (Lipinski definition) is 0. The highest BCUT2D eigenvalue weighted by atomic mass is 15.0. The van der Waals surface area contributed by atoms with Crippen molar-refractivity contribution in [3.05, 3.63) is 456 Å². The standard InChI is InChI=1S/2C49H34N2/c2*1-4-17-35(18-5-1)49(36-19-6-2-7-20-36,37-21-8-3-9-22-37)38-23-16-24-39(33-38)50-47-30-15-12-27-43(47)44-34-40(31-32-48(44)50)51-45-28-13-10-25-41(45)42-26-11-14-29-46(42)51/h2*1-34H/i10D,11D,12D,13D,14D,15D,25D,26D,27D,28D,29D,30D,31D,32D,34D;10D,11D,13D,14D,25D,26D,28D,29D. The van der Waals surface area contributed by atoms with Gasteiger partial charge in [-0.2, -0.15) is 0 Å². The van der Waals surface area contributed by atoms with Crippen LogP contribution in [0.5, 0.6) is 0 Å². The lowest BCUT2D eigenvalue weighted by molar-refractivity contribution is 0.744. The molecule has 102 heavy (non-hydrogen) atoms. The van der Waals surface area contributed by atoms with E-state index in [9.17, 15) is 6.85 Å². The maximum atomic E-state index is 10.00. The van der Waals surface area contributed by atoms with Gasteiger partial charge in [-0.05, 0) is 141 Å². The lowest BCUT2D eigenvalue weighted by Gasteiger charge is -2.37. The molecular formula is C98H68N4. The second-order valence-electron chi connectivity index (χ2n) is 24.9. The molecule has 0 aliphatic rings. The highest BCUT2D eigenvalue weighted by molar-refractivity contribution is 6.14. The van der Waals surface area contributed by atoms with Crippen molar-refractivity contribution in [1.29, 1.82) is 0 Å². The van der Waals surface area contributed by atoms with E-state index in [4.69, 9.17) is 24.7 Å². The fraction of sp³-hybridized carbons (Fsp3) is 0.0204. The Labute approximate surface area is 624 Å². The summed E-state index contributed by atoms with van der Waals surface area (Å²) in [6.07, 6.45) is 0. The summed E-state index contributed by atoms with van der Waals surface area (Å²) in [4.78, 5) is 0. The van der Waals surface area contributed by atoms with Crippen molar-refractivity contribution in [2.75, 3.05) is 0 Å². The molecule has 16 aromatic carbocycles. The molecule has 0 saturated heterocycles. The number of benzene rings is 16. The van der Waals surface area contributed by atoms with Crippen molar-refractivity contribution >= 4 is 87.2 Å². The minimum Gasteiger partial charge on any atom is -0.309 e. The normalized spacial score (nSPS) is 15.1. The van der Waals surface area contributed by atoms with Crippen molar-refractivity contribution in [3.63, 3.8) is 0 Å². The van der Waals surface area contributed by atoms with Crippen LogP contribution in [0.25, 0.3) is 110 Å². The molecule has 0 atom stereocenters. The van der Waals surface area contributed by atoms with Gasteiger partial charge in [-0.3, -0.25) is 0 Å². The number of aromatic nitrogens is 4. The minimum absolute atomic E-state index is 0.0519. The van der Waals surface area contributed by atoms with Crippen molar-refractivity contribution < 1.29 is 31.5 Å². The number of fused-ring (bicyclic) bond motifs is 12. The topological polar surface area (TPSA) is 19.7 Å². The summed E-state index contributed by atoms with van der Waals surface area (Å²) in [7, 11) is 0. The molecule has 20 aromatic rings. The zero-order valence-corrected chi connectivity index (χ0v) is 54.3. The second kappa shape index (κ2) is 24.9. The van der Waals surface area contributed by atoms with Crippen LogP contribution in [0.3, 0.4) is 0 Å². The molecule has 0 amide bonds. The maximum absolute atomic E-state index is 10.00. The molecule has 4 aromatic heterocycles. The van der Waals surface area contributed by atoms with Crippen LogP contribution in [0.1, 0.15) is 76.0 Å². The predicted molar refractivity (Wildman–Crippen MR) is 427 cm³/mol. The van der Waals surface area contributed by atoms with E-state index >= 15 is 0 Å². The summed E-state index contributed by atoms with van der Waals surface area (Å²) in [6, 6.07) is 78.7. The van der Waals surface area contributed by atoms with Gasteiger partial charge in [0.25, 0.3) is 0 Å². The number of nitrogens with zero attached hydrogens (tertiary/aromatic N) is 4. The van der Waals surface area contributed by atoms with Crippen LogP contribution in [0.4, 0.5) is 0 Å². The average Bonchev–Trinajstić information content (AvgIpc) is 1.56. The summed E-state index contributed by atoms with van der Waals surface area (Å²) >= 11 is 0. The molecule has 20 rings (SSSR count). The van der Waals surface area contributed by atoms with Gasteiger partial charge in [0.05, 0.1) is 86.5 Å². The van der Waals surface area contributed by atoms with Gasteiger partial charge >= 0.3 is 0 Å². The monoisotopic (exact) mass is 1320 g/mol. The molecule has 0 N–H and O–H groups in total. The quantitative estimate of drug-likeness (QED) is 0.109. The zero-order chi connectivity index (χ0) is 87.6. The lowest BCUT2D eigenvalue weighted by Crippen LogP contribution is -2.31. The molecule has 0 aliphatic heterocycles. The lowest BCUT2D eigenvalue weighted by atomic mass is 9.65. The Bertz CT molecular complexity index is 7590. The first kappa shape index (κ1) is 40.6. The first-order valence-corrected chi connectivity index (χ1v) is 33.4. The fourth-order valence-corrected chi connectivity index (χ4v) is 15.5. The van der Waals surface area contributed by atoms with E-state index in [1.54, 1.807) is 16.7 Å². The van der Waals surface area contributed by atoms with E-state index in [0.29, 0.717) is 11.4 Å². The van der Waals surface area contributed by atoms with Crippen molar-refractivity contribution in [3.8, 4) is 22.7 Å². The smallest absolute Gasteiger partial charge is 0.0702 e. The zero-order valence-electron chi connectivity index (χ0n) is 77.3. The SMILES string of the molecule is [2H]c1c([2H])c([2H])c2c(c1[2H])c1c([2H])c(-n3c4c([2H])c([2H])c([2H])c([2H])c4c4c([2H])c([2H])c([2H])c([2H])c43)c([2H])c([2H])c1n2-c1cccc(C(c2ccccc2)(c2ccccc2)c2ccccc2)c1.[2H]c1c([2H])c([2H])c2c(c1[2H])c1c([2H])c([2H])c([2H])c([2H])c1n2-c1ccc2c(c1)c1ccccc1n2-c1cccc(C(c2ccccc2)(c2ccccc2)c2ccccc2)c1. The first-order valence-electron chi connectivity index (χ1n) is 44.9. The number of hydrogen-bond acceptors (Lipinski definition) is 0. The molecule has 4 nitrogen and oxygen atoms in total. The molecule has 0 spiro atoms. The van der Waals surface area contributed by atoms with E-state index in [-0.39, 0.29) is 89.6 Å². The molecule has 0 aliphatic carbocycles. The Morgan fingerprint density at radius 2 is 0.461 bits per heavy atom. The Morgan fingerprint density at radius 3 is 0.843 bits per heavy atom. The van der Waals surface area contributed by atoms with E-state index in [0.717, 1.165) is 76.6 Å². The van der Waals surface area contributed by atoms with E-state index < -0.39 is 131 Å². The van der Waals surface area contributed by atoms with Crippen LogP contribution in [0.2, 0.25) is 0 Å². The van der Waals surface area contributed by atoms with Gasteiger partial charge in [0.15, 0.2) is 0 Å². The number of para-hydroxylation sites is 6. The Balaban J connectivity index is 0.000000165. The van der Waals surface area contributed by atoms with E-state index in [1.165, 1.54) is 4.57 Å². The van der Waals surface area contributed by atoms with Gasteiger partial charge in [0.2, 0.25) is 0 Å². The third kappa shape index (κ3) is 9.52. The summed E-state index contributed by atoms with van der Waals surface area (Å²) < 4.78 is 212. The maximum Gasteiger partial charge on any atom is 0.0702 e. The Morgan fingerprint density at radius 1 is 0.176 bits per heavy atom. The van der Waals surface area contributed by atoms with Crippen LogP contribution in [0, 0.1) is 0 Å². The molecule has 0 saturated carbocycles. The highest BCUT2D eigenvalue weighted by Gasteiger charge is 2.40. The van der Waals surface area contributed by atoms with Crippen LogP contribution >= 0.6 is 0 Å². The van der Waals surface area contributed by atoms with Crippen LogP contribution in [-0.2, 0) is 10.8 Å². The van der Waals surface area contributed by atoms with Gasteiger partial charge in [-0.15, -0.1) is 0 Å². The van der Waals surface area contributed by atoms with Gasteiger partial charge in [-0.25, -0.2) is 0 Å². The Kier molecular flexibility index (Phi) is 9.91. The third-order valence-corrected chi connectivity index (χ3v) is 19.7. The fourth-order valence-electron chi connectivity index (χ4n) is 15.5. The van der Waals surface area contributed by atoms with Crippen molar-refractivity contribution in [2.24, 2.45) is 0 Å². The van der Waals surface area contributed by atoms with Crippen LogP contribution in [0.15, 0.2) is 412 Å². The Hall–Kier alpha value is -13.3.